The van der Waals surface area contributed by atoms with Crippen molar-refractivity contribution in [3.8, 4) is 0 Å². The predicted octanol–water partition coefficient (Wildman–Crippen LogP) is 1.16. The molecule has 128 valence electrons. The summed E-state index contributed by atoms with van der Waals surface area (Å²) < 4.78 is 0. The lowest BCUT2D eigenvalue weighted by Crippen LogP contribution is -2.39. The van der Waals surface area contributed by atoms with E-state index < -0.39 is 11.5 Å². The van der Waals surface area contributed by atoms with E-state index in [1.807, 2.05) is 23.1 Å². The van der Waals surface area contributed by atoms with Crippen LogP contribution in [-0.2, 0) is 17.8 Å². The number of benzene rings is 1. The molecular weight excluding hydrogens is 318 g/mol. The summed E-state index contributed by atoms with van der Waals surface area (Å²) in [6.45, 7) is 0.985. The van der Waals surface area contributed by atoms with Crippen molar-refractivity contribution in [2.24, 2.45) is 11.7 Å². The number of rotatable bonds is 3. The van der Waals surface area contributed by atoms with E-state index in [0.29, 0.717) is 25.4 Å². The Bertz CT molecular complexity index is 904. The van der Waals surface area contributed by atoms with Gasteiger partial charge < -0.3 is 15.6 Å². The Morgan fingerprint density at radius 3 is 2.68 bits per heavy atom. The van der Waals surface area contributed by atoms with Crippen molar-refractivity contribution in [1.29, 1.82) is 0 Å². The van der Waals surface area contributed by atoms with Gasteiger partial charge in [-0.2, -0.15) is 0 Å². The topological polar surface area (TPSA) is 96.3 Å². The monoisotopic (exact) mass is 337 g/mol. The molecule has 2 heterocycles. The summed E-state index contributed by atoms with van der Waals surface area (Å²) in [6.07, 6.45) is 1.46. The smallest absolute Gasteiger partial charge is 0.261 e. The third-order valence-corrected chi connectivity index (χ3v) is 5.12. The van der Waals surface area contributed by atoms with E-state index in [-0.39, 0.29) is 17.4 Å². The van der Waals surface area contributed by atoms with Crippen molar-refractivity contribution < 1.29 is 9.59 Å². The van der Waals surface area contributed by atoms with Gasteiger partial charge in [-0.25, -0.2) is 0 Å². The standard InChI is InChI=1S/C19H19N3O3/c20-17(23)15-8-12-10-22(7-6-16(12)21-18(15)24)19(25)14-9-13(14)11-4-2-1-3-5-11/h1-5,8,13-14H,6-7,9-10H2,(H2,20,23)(H,21,24). The fraction of sp³-hybridized carbons (Fsp3) is 0.316. The molecule has 2 amide bonds. The third-order valence-electron chi connectivity index (χ3n) is 5.12. The number of hydrogen-bond donors (Lipinski definition) is 2. The van der Waals surface area contributed by atoms with Crippen molar-refractivity contribution in [3.05, 3.63) is 69.1 Å². The maximum absolute atomic E-state index is 12.8. The average Bonchev–Trinajstić information content (AvgIpc) is 3.41. The van der Waals surface area contributed by atoms with Crippen LogP contribution >= 0.6 is 0 Å². The summed E-state index contributed by atoms with van der Waals surface area (Å²) in [5, 5.41) is 0. The summed E-state index contributed by atoms with van der Waals surface area (Å²) in [5.74, 6) is -0.278. The summed E-state index contributed by atoms with van der Waals surface area (Å²) in [7, 11) is 0. The number of fused-ring (bicyclic) bond motifs is 1. The number of primary amides is 1. The molecule has 1 aromatic heterocycles. The second-order valence-corrected chi connectivity index (χ2v) is 6.75. The highest BCUT2D eigenvalue weighted by Gasteiger charge is 2.46. The molecule has 1 aliphatic carbocycles. The van der Waals surface area contributed by atoms with Crippen LogP contribution in [0.15, 0.2) is 41.2 Å². The first-order valence-corrected chi connectivity index (χ1v) is 8.43. The molecule has 6 nitrogen and oxygen atoms in total. The molecule has 2 atom stereocenters. The number of aromatic amines is 1. The highest BCUT2D eigenvalue weighted by molar-refractivity contribution is 5.92. The maximum atomic E-state index is 12.8. The molecular formula is C19H19N3O3. The zero-order valence-corrected chi connectivity index (χ0v) is 13.7. The minimum Gasteiger partial charge on any atom is -0.365 e. The van der Waals surface area contributed by atoms with Crippen LogP contribution in [0.5, 0.6) is 0 Å². The summed E-state index contributed by atoms with van der Waals surface area (Å²) in [6, 6.07) is 11.6. The minimum atomic E-state index is -0.751. The van der Waals surface area contributed by atoms with Crippen LogP contribution in [0.4, 0.5) is 0 Å². The van der Waals surface area contributed by atoms with Gasteiger partial charge in [0.1, 0.15) is 5.56 Å². The largest absolute Gasteiger partial charge is 0.365 e. The summed E-state index contributed by atoms with van der Waals surface area (Å²) in [4.78, 5) is 40.5. The van der Waals surface area contributed by atoms with Gasteiger partial charge in [0.25, 0.3) is 11.5 Å². The number of nitrogens with two attached hydrogens (primary N) is 1. The fourth-order valence-corrected chi connectivity index (χ4v) is 3.65. The number of nitrogens with zero attached hydrogens (tertiary/aromatic N) is 1. The second-order valence-electron chi connectivity index (χ2n) is 6.75. The van der Waals surface area contributed by atoms with E-state index >= 15 is 0 Å². The first kappa shape index (κ1) is 15.6. The van der Waals surface area contributed by atoms with Crippen molar-refractivity contribution in [2.75, 3.05) is 6.54 Å². The molecule has 2 aliphatic rings. The van der Waals surface area contributed by atoms with Gasteiger partial charge in [0.05, 0.1) is 0 Å². The van der Waals surface area contributed by atoms with Gasteiger partial charge in [-0.1, -0.05) is 30.3 Å². The van der Waals surface area contributed by atoms with Gasteiger partial charge >= 0.3 is 0 Å². The van der Waals surface area contributed by atoms with E-state index in [4.69, 9.17) is 5.73 Å². The Hall–Kier alpha value is -2.89. The molecule has 0 bridgehead atoms. The van der Waals surface area contributed by atoms with Gasteiger partial charge in [-0.15, -0.1) is 0 Å². The fourth-order valence-electron chi connectivity index (χ4n) is 3.65. The number of H-pyrrole nitrogens is 1. The van der Waals surface area contributed by atoms with E-state index in [1.165, 1.54) is 11.6 Å². The number of nitrogens with one attached hydrogen (secondary N) is 1. The zero-order valence-electron chi connectivity index (χ0n) is 13.7. The maximum Gasteiger partial charge on any atom is 0.261 e. The van der Waals surface area contributed by atoms with Crippen LogP contribution in [0.3, 0.4) is 0 Å². The Morgan fingerprint density at radius 2 is 1.96 bits per heavy atom. The molecule has 0 saturated heterocycles. The van der Waals surface area contributed by atoms with Gasteiger partial charge in [0, 0.05) is 31.1 Å². The van der Waals surface area contributed by atoms with Gasteiger partial charge in [0.15, 0.2) is 0 Å². The lowest BCUT2D eigenvalue weighted by atomic mass is 10.0. The number of pyridine rings is 1. The quantitative estimate of drug-likeness (QED) is 0.880. The molecule has 1 aromatic carbocycles. The van der Waals surface area contributed by atoms with Gasteiger partial charge in [-0.05, 0) is 29.5 Å². The molecule has 25 heavy (non-hydrogen) atoms. The molecule has 2 unspecified atom stereocenters. The second kappa shape index (κ2) is 5.88. The van der Waals surface area contributed by atoms with E-state index in [2.05, 4.69) is 17.1 Å². The average molecular weight is 337 g/mol. The van der Waals surface area contributed by atoms with E-state index in [0.717, 1.165) is 17.7 Å². The first-order chi connectivity index (χ1) is 12.0. The number of amides is 2. The van der Waals surface area contributed by atoms with Crippen molar-refractivity contribution in [3.63, 3.8) is 0 Å². The Kier molecular flexibility index (Phi) is 3.67. The SMILES string of the molecule is NC(=O)c1cc2c([nH]c1=O)CCN(C(=O)C1CC1c1ccccc1)C2. The molecule has 1 saturated carbocycles. The summed E-state index contributed by atoms with van der Waals surface area (Å²) >= 11 is 0. The number of carbonyl (C=O) groups is 2. The van der Waals surface area contributed by atoms with Crippen LogP contribution in [0, 0.1) is 5.92 Å². The van der Waals surface area contributed by atoms with Crippen molar-refractivity contribution >= 4 is 11.8 Å². The third kappa shape index (κ3) is 2.84. The first-order valence-electron chi connectivity index (χ1n) is 8.43. The lowest BCUT2D eigenvalue weighted by molar-refractivity contribution is -0.133. The molecule has 0 spiro atoms. The van der Waals surface area contributed by atoms with Gasteiger partial charge in [-0.3, -0.25) is 14.4 Å². The number of aromatic nitrogens is 1. The van der Waals surface area contributed by atoms with Crippen molar-refractivity contribution in [2.45, 2.75) is 25.3 Å². The molecule has 6 heteroatoms. The van der Waals surface area contributed by atoms with Crippen molar-refractivity contribution in [1.82, 2.24) is 9.88 Å². The molecule has 2 aromatic rings. The molecule has 1 fully saturated rings. The summed E-state index contributed by atoms with van der Waals surface area (Å²) in [5.41, 5.74) is 7.52. The highest BCUT2D eigenvalue weighted by Crippen LogP contribution is 2.48. The predicted molar refractivity (Wildman–Crippen MR) is 92.0 cm³/mol. The lowest BCUT2D eigenvalue weighted by Gasteiger charge is -2.29. The molecule has 4 rings (SSSR count). The Balaban J connectivity index is 1.51. The van der Waals surface area contributed by atoms with E-state index in [9.17, 15) is 14.4 Å². The van der Waals surface area contributed by atoms with Crippen LogP contribution < -0.4 is 11.3 Å². The highest BCUT2D eigenvalue weighted by atomic mass is 16.2. The van der Waals surface area contributed by atoms with Crippen LogP contribution in [0.25, 0.3) is 0 Å². The molecule has 0 radical (unpaired) electrons. The normalized spacial score (nSPS) is 21.5. The minimum absolute atomic E-state index is 0.0299. The van der Waals surface area contributed by atoms with Crippen LogP contribution in [-0.4, -0.2) is 28.2 Å². The molecule has 3 N–H and O–H groups in total. The Labute approximate surface area is 144 Å². The van der Waals surface area contributed by atoms with Crippen LogP contribution in [0.1, 0.15) is 39.5 Å². The Morgan fingerprint density at radius 1 is 1.20 bits per heavy atom. The van der Waals surface area contributed by atoms with E-state index in [1.54, 1.807) is 0 Å². The van der Waals surface area contributed by atoms with Crippen LogP contribution in [0.2, 0.25) is 0 Å². The molecule has 1 aliphatic heterocycles. The zero-order chi connectivity index (χ0) is 17.6. The number of carbonyl (C=O) groups excluding carboxylic acids is 2. The number of hydrogen-bond acceptors (Lipinski definition) is 3. The van der Waals surface area contributed by atoms with Gasteiger partial charge in [0.2, 0.25) is 5.91 Å².